The van der Waals surface area contributed by atoms with Crippen molar-refractivity contribution in [3.63, 3.8) is 0 Å². The molecule has 9 heteroatoms. The summed E-state index contributed by atoms with van der Waals surface area (Å²) in [6.07, 6.45) is 4.22. The Morgan fingerprint density at radius 2 is 1.76 bits per heavy atom. The molecule has 0 saturated heterocycles. The van der Waals surface area contributed by atoms with Gasteiger partial charge in [-0.15, -0.1) is 0 Å². The number of hydrogen-bond acceptors (Lipinski definition) is 8. The van der Waals surface area contributed by atoms with Crippen molar-refractivity contribution in [2.75, 3.05) is 19.1 Å². The molecule has 2 unspecified atom stereocenters. The first-order chi connectivity index (χ1) is 17.5. The van der Waals surface area contributed by atoms with Gasteiger partial charge in [0.1, 0.15) is 44.0 Å². The van der Waals surface area contributed by atoms with E-state index in [0.29, 0.717) is 24.5 Å². The van der Waals surface area contributed by atoms with E-state index < -0.39 is 4.16 Å². The minimum atomic E-state index is -0.772. The van der Waals surface area contributed by atoms with E-state index in [9.17, 15) is 10.5 Å². The van der Waals surface area contributed by atoms with Gasteiger partial charge in [0.25, 0.3) is 5.95 Å². The van der Waals surface area contributed by atoms with Gasteiger partial charge in [0, 0.05) is 23.4 Å². The Labute approximate surface area is 225 Å². The molecule has 0 aliphatic heterocycles. The zero-order chi connectivity index (χ0) is 27.2. The number of nitrogens with one attached hydrogen (secondary N) is 1. The zero-order valence-electron chi connectivity index (χ0n) is 22.3. The molecular weight excluding hydrogens is 486 g/mol. The monoisotopic (exact) mass is 522 g/mol. The maximum atomic E-state index is 9.86. The van der Waals surface area contributed by atoms with Crippen molar-refractivity contribution in [1.82, 2.24) is 9.97 Å². The highest BCUT2D eigenvalue weighted by Gasteiger charge is 2.27. The van der Waals surface area contributed by atoms with Crippen LogP contribution in [-0.4, -0.2) is 33.0 Å². The summed E-state index contributed by atoms with van der Waals surface area (Å²) in [5.74, 6) is 1.95. The first-order valence-corrected chi connectivity index (χ1v) is 12.7. The van der Waals surface area contributed by atoms with Crippen LogP contribution < -0.4 is 14.9 Å². The molecule has 8 nitrogen and oxygen atoms in total. The third-order valence-corrected chi connectivity index (χ3v) is 6.49. The molecule has 0 amide bonds. The van der Waals surface area contributed by atoms with Crippen molar-refractivity contribution in [1.29, 1.82) is 5.26 Å². The standard InChI is InChI=1S/C28H36N5O3S/c1-7-19(3)25-14-23(13-21(15-29)26(25)35-8-2)28(4,5)22-9-11-24(12-10-22)36-18-20-16-30-27(31-17-20)32-33(6,34)37/h9-14,16-17,19,34,37H,7-8,18H2,1-6H3,(H,30,31,32)/q+1. The summed E-state index contributed by atoms with van der Waals surface area (Å²) >= 11 is 3.93. The van der Waals surface area contributed by atoms with Gasteiger partial charge in [-0.2, -0.15) is 15.9 Å². The quantitative estimate of drug-likeness (QED) is 0.157. The van der Waals surface area contributed by atoms with Crippen LogP contribution in [0.3, 0.4) is 0 Å². The van der Waals surface area contributed by atoms with Crippen molar-refractivity contribution in [3.8, 4) is 17.6 Å². The average molecular weight is 523 g/mol. The number of aromatic nitrogens is 2. The molecular formula is C28H36N5O3S+. The minimum Gasteiger partial charge on any atom is -0.492 e. The van der Waals surface area contributed by atoms with Crippen molar-refractivity contribution in [3.05, 3.63) is 76.6 Å². The third kappa shape index (κ3) is 7.13. The van der Waals surface area contributed by atoms with E-state index >= 15 is 0 Å². The van der Waals surface area contributed by atoms with Crippen molar-refractivity contribution in [2.45, 2.75) is 59.0 Å². The molecule has 0 fully saturated rings. The van der Waals surface area contributed by atoms with E-state index in [1.54, 1.807) is 12.4 Å². The Kier molecular flexibility index (Phi) is 9.02. The summed E-state index contributed by atoms with van der Waals surface area (Å²) in [6, 6.07) is 14.5. The fourth-order valence-corrected chi connectivity index (χ4v) is 4.05. The number of quaternary nitrogens is 1. The maximum Gasteiger partial charge on any atom is 0.273 e. The number of hydroxylamine groups is 1. The van der Waals surface area contributed by atoms with Gasteiger partial charge < -0.3 is 9.47 Å². The normalized spacial score (nSPS) is 13.8. The predicted octanol–water partition coefficient (Wildman–Crippen LogP) is 6.17. The highest BCUT2D eigenvalue weighted by Crippen LogP contribution is 2.39. The largest absolute Gasteiger partial charge is 0.492 e. The summed E-state index contributed by atoms with van der Waals surface area (Å²) in [5, 5.41) is 19.5. The van der Waals surface area contributed by atoms with Crippen molar-refractivity contribution in [2.24, 2.45) is 0 Å². The lowest BCUT2D eigenvalue weighted by atomic mass is 9.76. The van der Waals surface area contributed by atoms with Crippen LogP contribution in [0.4, 0.5) is 5.95 Å². The van der Waals surface area contributed by atoms with E-state index in [2.05, 4.69) is 80.2 Å². The minimum absolute atomic E-state index is 0.251. The summed E-state index contributed by atoms with van der Waals surface area (Å²) in [6.45, 7) is 11.4. The van der Waals surface area contributed by atoms with Gasteiger partial charge in [0.05, 0.1) is 12.2 Å². The number of hydrogen-bond donors (Lipinski definition) is 3. The second-order valence-electron chi connectivity index (χ2n) is 9.67. The van der Waals surface area contributed by atoms with Gasteiger partial charge in [0.15, 0.2) is 0 Å². The first kappa shape index (κ1) is 28.3. The molecule has 1 heterocycles. The average Bonchev–Trinajstić information content (AvgIpc) is 2.87. The highest BCUT2D eigenvalue weighted by atomic mass is 32.1. The molecule has 3 rings (SSSR count). The Hall–Kier alpha value is -3.32. The molecule has 3 aromatic rings. The molecule has 196 valence electrons. The van der Waals surface area contributed by atoms with Crippen LogP contribution in [0.1, 0.15) is 74.8 Å². The molecule has 2 aromatic carbocycles. The number of rotatable bonds is 11. The Bertz CT molecular complexity index is 1230. The lowest BCUT2D eigenvalue weighted by Crippen LogP contribution is -2.36. The fourth-order valence-electron chi connectivity index (χ4n) is 3.96. The van der Waals surface area contributed by atoms with Crippen molar-refractivity contribution >= 4 is 18.8 Å². The van der Waals surface area contributed by atoms with Gasteiger partial charge in [0.2, 0.25) is 0 Å². The summed E-state index contributed by atoms with van der Waals surface area (Å²) < 4.78 is 11.0. The molecule has 37 heavy (non-hydrogen) atoms. The Balaban J connectivity index is 1.78. The van der Waals surface area contributed by atoms with Gasteiger partial charge >= 0.3 is 0 Å². The summed E-state index contributed by atoms with van der Waals surface area (Å²) in [7, 11) is 1.43. The van der Waals surface area contributed by atoms with Crippen LogP contribution in [0.15, 0.2) is 48.8 Å². The third-order valence-electron chi connectivity index (χ3n) is 6.39. The number of anilines is 1. The van der Waals surface area contributed by atoms with Crippen LogP contribution in [-0.2, 0) is 12.0 Å². The molecule has 0 radical (unpaired) electrons. The van der Waals surface area contributed by atoms with Crippen LogP contribution >= 0.6 is 12.8 Å². The molecule has 2 atom stereocenters. The second kappa shape index (κ2) is 11.8. The molecule has 2 N–H and O–H groups in total. The zero-order valence-corrected chi connectivity index (χ0v) is 23.2. The number of ether oxygens (including phenoxy) is 2. The molecule has 1 aromatic heterocycles. The Morgan fingerprint density at radius 3 is 2.30 bits per heavy atom. The molecule has 0 aliphatic carbocycles. The highest BCUT2D eigenvalue weighted by molar-refractivity contribution is 7.74. The number of nitriles is 1. The number of thiol groups is 1. The second-order valence-corrected chi connectivity index (χ2v) is 10.5. The topological polar surface area (TPSA) is 100 Å². The molecule has 0 aliphatic rings. The van der Waals surface area contributed by atoms with Gasteiger partial charge in [-0.3, -0.25) is 0 Å². The van der Waals surface area contributed by atoms with Gasteiger partial charge in [-0.1, -0.05) is 45.9 Å². The van der Waals surface area contributed by atoms with Crippen LogP contribution in [0.2, 0.25) is 0 Å². The van der Waals surface area contributed by atoms with E-state index in [-0.39, 0.29) is 17.3 Å². The predicted molar refractivity (Wildman–Crippen MR) is 147 cm³/mol. The van der Waals surface area contributed by atoms with E-state index in [4.69, 9.17) is 9.47 Å². The molecule has 0 spiro atoms. The van der Waals surface area contributed by atoms with Crippen LogP contribution in [0.5, 0.6) is 11.5 Å². The van der Waals surface area contributed by atoms with Crippen LogP contribution in [0, 0.1) is 11.3 Å². The van der Waals surface area contributed by atoms with Gasteiger partial charge in [-0.25, -0.2) is 9.97 Å². The lowest BCUT2D eigenvalue weighted by Gasteiger charge is -2.29. The lowest BCUT2D eigenvalue weighted by molar-refractivity contribution is -0.955. The van der Waals surface area contributed by atoms with Crippen LogP contribution in [0.25, 0.3) is 0 Å². The first-order valence-electron chi connectivity index (χ1n) is 12.3. The molecule has 0 bridgehead atoms. The molecule has 0 saturated carbocycles. The summed E-state index contributed by atoms with van der Waals surface area (Å²) in [5.41, 5.74) is 6.90. The number of benzene rings is 2. The van der Waals surface area contributed by atoms with Gasteiger partial charge in [-0.05, 0) is 58.3 Å². The SMILES string of the molecule is CCOc1c(C#N)cc(C(C)(C)c2ccc(OCc3cnc(N[N+](C)(O)S)nc3)cc2)cc1C(C)CC. The smallest absolute Gasteiger partial charge is 0.273 e. The summed E-state index contributed by atoms with van der Waals surface area (Å²) in [4.78, 5) is 8.31. The van der Waals surface area contributed by atoms with E-state index in [0.717, 1.165) is 34.4 Å². The van der Waals surface area contributed by atoms with Crippen molar-refractivity contribution < 1.29 is 18.8 Å². The van der Waals surface area contributed by atoms with E-state index in [1.807, 2.05) is 25.1 Å². The Morgan fingerprint density at radius 1 is 1.11 bits per heavy atom. The number of nitrogens with zero attached hydrogens (tertiary/aromatic N) is 4. The maximum absolute atomic E-state index is 9.86. The van der Waals surface area contributed by atoms with E-state index in [1.165, 1.54) is 7.05 Å². The fraction of sp³-hybridized carbons (Fsp3) is 0.393.